The summed E-state index contributed by atoms with van der Waals surface area (Å²) in [5.74, 6) is -0.146. The van der Waals surface area contributed by atoms with Crippen LogP contribution < -0.4 is 5.32 Å². The quantitative estimate of drug-likeness (QED) is 0.850. The minimum Gasteiger partial charge on any atom is -0.340 e. The van der Waals surface area contributed by atoms with E-state index < -0.39 is 11.7 Å². The monoisotopic (exact) mass is 352 g/mol. The molecule has 134 valence electrons. The number of rotatable bonds is 6. The largest absolute Gasteiger partial charge is 0.418 e. The summed E-state index contributed by atoms with van der Waals surface area (Å²) in [5.41, 5.74) is -0.770. The molecule has 2 aromatic rings. The number of carbonyl (C=O) groups is 1. The zero-order valence-corrected chi connectivity index (χ0v) is 14.0. The molecule has 0 fully saturated rings. The summed E-state index contributed by atoms with van der Waals surface area (Å²) < 4.78 is 39.0. The standard InChI is InChI=1S/C17H19F3N4O/c1-3-4-9-24(2)16(25)14-10-22-15(11-21-14)23-13-8-6-5-7-12(13)17(18,19)20/h5-8,10-11H,3-4,9H2,1-2H3,(H,22,23). The maximum Gasteiger partial charge on any atom is 0.418 e. The van der Waals surface area contributed by atoms with Crippen LogP contribution in [0.25, 0.3) is 0 Å². The van der Waals surface area contributed by atoms with Gasteiger partial charge < -0.3 is 10.2 Å². The van der Waals surface area contributed by atoms with Gasteiger partial charge >= 0.3 is 6.18 Å². The number of halogens is 3. The summed E-state index contributed by atoms with van der Waals surface area (Å²) in [6, 6.07) is 5.09. The van der Waals surface area contributed by atoms with Gasteiger partial charge in [0.05, 0.1) is 23.6 Å². The van der Waals surface area contributed by atoms with Crippen molar-refractivity contribution < 1.29 is 18.0 Å². The molecule has 5 nitrogen and oxygen atoms in total. The van der Waals surface area contributed by atoms with Crippen molar-refractivity contribution in [1.82, 2.24) is 14.9 Å². The number of nitrogens with one attached hydrogen (secondary N) is 1. The third-order valence-electron chi connectivity index (χ3n) is 3.56. The topological polar surface area (TPSA) is 58.1 Å². The van der Waals surface area contributed by atoms with Crippen LogP contribution in [0, 0.1) is 0 Å². The van der Waals surface area contributed by atoms with Gasteiger partial charge in [-0.2, -0.15) is 13.2 Å². The van der Waals surface area contributed by atoms with Crippen LogP contribution in [0.1, 0.15) is 35.8 Å². The Hall–Kier alpha value is -2.64. The van der Waals surface area contributed by atoms with Crippen molar-refractivity contribution in [3.63, 3.8) is 0 Å². The third kappa shape index (κ3) is 4.91. The van der Waals surface area contributed by atoms with Crippen LogP contribution in [-0.4, -0.2) is 34.4 Å². The molecule has 1 heterocycles. The molecule has 0 spiro atoms. The first-order valence-corrected chi connectivity index (χ1v) is 7.83. The Balaban J connectivity index is 2.13. The highest BCUT2D eigenvalue weighted by Gasteiger charge is 2.33. The summed E-state index contributed by atoms with van der Waals surface area (Å²) in [4.78, 5) is 21.7. The van der Waals surface area contributed by atoms with Gasteiger partial charge in [0.2, 0.25) is 0 Å². The van der Waals surface area contributed by atoms with E-state index in [1.165, 1.54) is 30.6 Å². The van der Waals surface area contributed by atoms with Gasteiger partial charge in [-0.15, -0.1) is 0 Å². The summed E-state index contributed by atoms with van der Waals surface area (Å²) >= 11 is 0. The molecule has 1 N–H and O–H groups in total. The molecule has 8 heteroatoms. The SMILES string of the molecule is CCCCN(C)C(=O)c1cnc(Nc2ccccc2C(F)(F)F)cn1. The number of hydrogen-bond donors (Lipinski definition) is 1. The van der Waals surface area contributed by atoms with Gasteiger partial charge in [0.15, 0.2) is 0 Å². The van der Waals surface area contributed by atoms with E-state index in [2.05, 4.69) is 15.3 Å². The first-order valence-electron chi connectivity index (χ1n) is 7.83. The fraction of sp³-hybridized carbons (Fsp3) is 0.353. The minimum atomic E-state index is -4.48. The zero-order valence-electron chi connectivity index (χ0n) is 14.0. The molecule has 0 unspecified atom stereocenters. The van der Waals surface area contributed by atoms with Gasteiger partial charge in [-0.1, -0.05) is 25.5 Å². The van der Waals surface area contributed by atoms with E-state index >= 15 is 0 Å². The predicted molar refractivity (Wildman–Crippen MR) is 88.6 cm³/mol. The molecule has 2 rings (SSSR count). The summed E-state index contributed by atoms with van der Waals surface area (Å²) in [5, 5.41) is 2.59. The molecule has 0 radical (unpaired) electrons. The maximum absolute atomic E-state index is 13.0. The van der Waals surface area contributed by atoms with Crippen molar-refractivity contribution in [3.05, 3.63) is 47.9 Å². The number of hydrogen-bond acceptors (Lipinski definition) is 4. The van der Waals surface area contributed by atoms with Crippen molar-refractivity contribution in [2.24, 2.45) is 0 Å². The number of alkyl halides is 3. The lowest BCUT2D eigenvalue weighted by atomic mass is 10.1. The number of anilines is 2. The smallest absolute Gasteiger partial charge is 0.340 e. The fourth-order valence-electron chi connectivity index (χ4n) is 2.17. The number of aromatic nitrogens is 2. The van der Waals surface area contributed by atoms with Gasteiger partial charge in [-0.3, -0.25) is 4.79 Å². The van der Waals surface area contributed by atoms with Crippen LogP contribution in [0.3, 0.4) is 0 Å². The Morgan fingerprint density at radius 1 is 1.20 bits per heavy atom. The lowest BCUT2D eigenvalue weighted by Gasteiger charge is -2.16. The minimum absolute atomic E-state index is 0.122. The van der Waals surface area contributed by atoms with Crippen LogP contribution in [-0.2, 0) is 6.18 Å². The van der Waals surface area contributed by atoms with Crippen LogP contribution in [0.2, 0.25) is 0 Å². The fourth-order valence-corrected chi connectivity index (χ4v) is 2.17. The second kappa shape index (κ2) is 7.96. The Morgan fingerprint density at radius 2 is 1.92 bits per heavy atom. The Morgan fingerprint density at radius 3 is 2.52 bits per heavy atom. The van der Waals surface area contributed by atoms with Crippen molar-refractivity contribution in [3.8, 4) is 0 Å². The molecule has 1 aromatic heterocycles. The number of unbranched alkanes of at least 4 members (excludes halogenated alkanes) is 1. The van der Waals surface area contributed by atoms with Gasteiger partial charge in [0.25, 0.3) is 5.91 Å². The van der Waals surface area contributed by atoms with Crippen molar-refractivity contribution in [1.29, 1.82) is 0 Å². The molecule has 0 aliphatic heterocycles. The Kier molecular flexibility index (Phi) is 5.95. The maximum atomic E-state index is 13.0. The van der Waals surface area contributed by atoms with Crippen LogP contribution in [0.15, 0.2) is 36.7 Å². The average Bonchev–Trinajstić information content (AvgIpc) is 2.59. The molecule has 0 saturated carbocycles. The molecule has 0 saturated heterocycles. The molecule has 1 aromatic carbocycles. The number of amides is 1. The van der Waals surface area contributed by atoms with E-state index in [1.807, 2.05) is 6.92 Å². The highest BCUT2D eigenvalue weighted by molar-refractivity contribution is 5.91. The lowest BCUT2D eigenvalue weighted by molar-refractivity contribution is -0.136. The highest BCUT2D eigenvalue weighted by Crippen LogP contribution is 2.35. The molecular weight excluding hydrogens is 333 g/mol. The van der Waals surface area contributed by atoms with Crippen molar-refractivity contribution in [2.75, 3.05) is 18.9 Å². The van der Waals surface area contributed by atoms with Crippen molar-refractivity contribution in [2.45, 2.75) is 25.9 Å². The number of carbonyl (C=O) groups excluding carboxylic acids is 1. The Labute approximate surface area is 143 Å². The molecular formula is C17H19F3N4O. The number of benzene rings is 1. The van der Waals surface area contributed by atoms with Gasteiger partial charge in [-0.25, -0.2) is 9.97 Å². The van der Waals surface area contributed by atoms with E-state index in [0.717, 1.165) is 18.9 Å². The van der Waals surface area contributed by atoms with E-state index in [1.54, 1.807) is 11.9 Å². The van der Waals surface area contributed by atoms with Gasteiger partial charge in [-0.05, 0) is 18.6 Å². The summed E-state index contributed by atoms with van der Waals surface area (Å²) in [7, 11) is 1.67. The number of nitrogens with zero attached hydrogens (tertiary/aromatic N) is 3. The molecule has 25 heavy (non-hydrogen) atoms. The van der Waals surface area contributed by atoms with E-state index in [9.17, 15) is 18.0 Å². The first-order chi connectivity index (χ1) is 11.8. The molecule has 0 aliphatic carbocycles. The second-order valence-corrected chi connectivity index (χ2v) is 5.54. The molecule has 1 amide bonds. The summed E-state index contributed by atoms with van der Waals surface area (Å²) in [6.45, 7) is 2.63. The Bertz CT molecular complexity index is 717. The van der Waals surface area contributed by atoms with Crippen molar-refractivity contribution >= 4 is 17.4 Å². The van der Waals surface area contributed by atoms with Crippen LogP contribution in [0.4, 0.5) is 24.7 Å². The van der Waals surface area contributed by atoms with Crippen LogP contribution >= 0.6 is 0 Å². The normalized spacial score (nSPS) is 11.2. The van der Waals surface area contributed by atoms with E-state index in [-0.39, 0.29) is 23.1 Å². The molecule has 0 bridgehead atoms. The second-order valence-electron chi connectivity index (χ2n) is 5.54. The van der Waals surface area contributed by atoms with Crippen LogP contribution in [0.5, 0.6) is 0 Å². The van der Waals surface area contributed by atoms with Gasteiger partial charge in [0, 0.05) is 13.6 Å². The molecule has 0 atom stereocenters. The highest BCUT2D eigenvalue weighted by atomic mass is 19.4. The first kappa shape index (κ1) is 18.7. The predicted octanol–water partition coefficient (Wildman–Crippen LogP) is 4.11. The summed E-state index contributed by atoms with van der Waals surface area (Å²) in [6.07, 6.45) is -0.138. The molecule has 0 aliphatic rings. The average molecular weight is 352 g/mol. The zero-order chi connectivity index (χ0) is 18.4. The van der Waals surface area contributed by atoms with E-state index in [4.69, 9.17) is 0 Å². The van der Waals surface area contributed by atoms with Gasteiger partial charge in [0.1, 0.15) is 11.5 Å². The third-order valence-corrected chi connectivity index (χ3v) is 3.56. The lowest BCUT2D eigenvalue weighted by Crippen LogP contribution is -2.28. The van der Waals surface area contributed by atoms with E-state index in [0.29, 0.717) is 6.54 Å². The number of para-hydroxylation sites is 1.